The van der Waals surface area contributed by atoms with Gasteiger partial charge in [0.1, 0.15) is 23.9 Å². The predicted molar refractivity (Wildman–Crippen MR) is 171 cm³/mol. The first-order chi connectivity index (χ1) is 20.9. The van der Waals surface area contributed by atoms with Gasteiger partial charge in [0.05, 0.1) is 36.6 Å². The third-order valence-corrected chi connectivity index (χ3v) is 9.45. The van der Waals surface area contributed by atoms with Crippen LogP contribution < -0.4 is 14.4 Å². The lowest BCUT2D eigenvalue weighted by Crippen LogP contribution is -2.43. The second kappa shape index (κ2) is 12.3. The van der Waals surface area contributed by atoms with Crippen LogP contribution in [0.15, 0.2) is 66.7 Å². The summed E-state index contributed by atoms with van der Waals surface area (Å²) in [6.45, 7) is 3.38. The van der Waals surface area contributed by atoms with Gasteiger partial charge in [-0.05, 0) is 62.2 Å². The summed E-state index contributed by atoms with van der Waals surface area (Å²) in [5, 5.41) is 5.42. The summed E-state index contributed by atoms with van der Waals surface area (Å²) in [6, 6.07) is 21.2. The Kier molecular flexibility index (Phi) is 8.36. The van der Waals surface area contributed by atoms with Gasteiger partial charge in [-0.25, -0.2) is 4.68 Å². The zero-order valence-corrected chi connectivity index (χ0v) is 26.0. The smallest absolute Gasteiger partial charge is 0.242 e. The molecule has 1 saturated heterocycles. The first-order valence-electron chi connectivity index (χ1n) is 14.3. The molecule has 2 amide bonds. The molecule has 3 aromatic carbocycles. The maximum absolute atomic E-state index is 14.0. The molecule has 0 radical (unpaired) electrons. The van der Waals surface area contributed by atoms with E-state index in [1.165, 1.54) is 11.8 Å². The number of hydrogen-bond donors (Lipinski definition) is 0. The van der Waals surface area contributed by atoms with Crippen molar-refractivity contribution in [3.05, 3.63) is 88.4 Å². The van der Waals surface area contributed by atoms with E-state index in [1.54, 1.807) is 23.8 Å². The summed E-state index contributed by atoms with van der Waals surface area (Å²) in [6.07, 6.45) is 1.95. The Labute approximate surface area is 260 Å². The van der Waals surface area contributed by atoms with Crippen molar-refractivity contribution in [2.24, 2.45) is 0 Å². The molecule has 1 atom stereocenters. The molecule has 1 fully saturated rings. The lowest BCUT2D eigenvalue weighted by molar-refractivity contribution is -0.130. The molecule has 10 heteroatoms. The predicted octanol–water partition coefficient (Wildman–Crippen LogP) is 6.31. The molecule has 6 rings (SSSR count). The molecule has 4 aromatic rings. The number of rotatable bonds is 7. The number of methoxy groups -OCH3 is 2. The lowest BCUT2D eigenvalue weighted by Gasteiger charge is -2.26. The van der Waals surface area contributed by atoms with E-state index in [4.69, 9.17) is 26.2 Å². The van der Waals surface area contributed by atoms with Crippen molar-refractivity contribution in [1.29, 1.82) is 0 Å². The van der Waals surface area contributed by atoms with Crippen molar-refractivity contribution in [3.63, 3.8) is 0 Å². The van der Waals surface area contributed by atoms with Crippen LogP contribution in [0.2, 0.25) is 5.02 Å². The number of anilines is 1. The Hall–Kier alpha value is -3.95. The van der Waals surface area contributed by atoms with E-state index in [2.05, 4.69) is 0 Å². The fraction of sp³-hybridized carbons (Fsp3) is 0.303. The first kappa shape index (κ1) is 29.1. The largest absolute Gasteiger partial charge is 0.497 e. The van der Waals surface area contributed by atoms with Gasteiger partial charge in [0.25, 0.3) is 0 Å². The molecule has 1 aromatic heterocycles. The summed E-state index contributed by atoms with van der Waals surface area (Å²) in [7, 11) is 3.26. The van der Waals surface area contributed by atoms with Gasteiger partial charge in [0.15, 0.2) is 0 Å². The van der Waals surface area contributed by atoms with E-state index in [9.17, 15) is 9.59 Å². The Balaban J connectivity index is 1.63. The van der Waals surface area contributed by atoms with Crippen molar-refractivity contribution < 1.29 is 19.1 Å². The van der Waals surface area contributed by atoms with Crippen LogP contribution in [-0.2, 0) is 9.59 Å². The molecular weight excluding hydrogens is 584 g/mol. The molecule has 0 saturated carbocycles. The number of hydrogen-bond acceptors (Lipinski definition) is 6. The molecule has 2 aliphatic heterocycles. The number of fused-ring (bicyclic) bond motifs is 1. The average molecular weight is 617 g/mol. The minimum Gasteiger partial charge on any atom is -0.497 e. The van der Waals surface area contributed by atoms with Crippen molar-refractivity contribution in [2.75, 3.05) is 44.5 Å². The van der Waals surface area contributed by atoms with E-state index in [-0.39, 0.29) is 29.4 Å². The topological polar surface area (TPSA) is 76.9 Å². The zero-order chi connectivity index (χ0) is 30.1. The molecule has 8 nitrogen and oxygen atoms in total. The highest BCUT2D eigenvalue weighted by atomic mass is 35.5. The van der Waals surface area contributed by atoms with Gasteiger partial charge in [-0.2, -0.15) is 5.10 Å². The SMILES string of the molecule is COc1ccc(OC)c([C@@H]2SCC(=O)N(CC(=O)N3CCCC3)c3c2c(-c2ccc(Cl)cc2)nn3-c2ccc(C)cc2)c1. The van der Waals surface area contributed by atoms with E-state index in [0.29, 0.717) is 41.1 Å². The molecule has 222 valence electrons. The monoisotopic (exact) mass is 616 g/mol. The highest BCUT2D eigenvalue weighted by molar-refractivity contribution is 8.00. The van der Waals surface area contributed by atoms with Gasteiger partial charge in [-0.1, -0.05) is 41.4 Å². The van der Waals surface area contributed by atoms with Gasteiger partial charge in [0.2, 0.25) is 11.8 Å². The first-order valence-corrected chi connectivity index (χ1v) is 15.7. The van der Waals surface area contributed by atoms with E-state index >= 15 is 0 Å². The van der Waals surface area contributed by atoms with E-state index < -0.39 is 0 Å². The maximum atomic E-state index is 14.0. The maximum Gasteiger partial charge on any atom is 0.242 e. The molecule has 43 heavy (non-hydrogen) atoms. The summed E-state index contributed by atoms with van der Waals surface area (Å²) in [5.74, 6) is 1.87. The van der Waals surface area contributed by atoms with Crippen LogP contribution in [0, 0.1) is 6.92 Å². The number of nitrogens with zero attached hydrogens (tertiary/aromatic N) is 4. The van der Waals surface area contributed by atoms with Crippen LogP contribution in [0.4, 0.5) is 5.82 Å². The van der Waals surface area contributed by atoms with Gasteiger partial charge >= 0.3 is 0 Å². The number of ether oxygens (including phenoxy) is 2. The summed E-state index contributed by atoms with van der Waals surface area (Å²) >= 11 is 7.78. The van der Waals surface area contributed by atoms with Crippen LogP contribution in [-0.4, -0.2) is 66.1 Å². The lowest BCUT2D eigenvalue weighted by atomic mass is 9.98. The highest BCUT2D eigenvalue weighted by Gasteiger charge is 2.39. The van der Waals surface area contributed by atoms with Gasteiger partial charge in [0, 0.05) is 34.8 Å². The fourth-order valence-corrected chi connectivity index (χ4v) is 7.04. The van der Waals surface area contributed by atoms with Crippen LogP contribution in [0.3, 0.4) is 0 Å². The number of aromatic nitrogens is 2. The molecule has 0 N–H and O–H groups in total. The average Bonchev–Trinajstić information content (AvgIpc) is 3.67. The normalized spacial score (nSPS) is 16.7. The van der Waals surface area contributed by atoms with Crippen molar-refractivity contribution in [3.8, 4) is 28.4 Å². The van der Waals surface area contributed by atoms with Crippen LogP contribution in [0.25, 0.3) is 16.9 Å². The minimum atomic E-state index is -0.360. The van der Waals surface area contributed by atoms with Gasteiger partial charge in [-0.15, -0.1) is 11.8 Å². The molecule has 0 aliphatic carbocycles. The summed E-state index contributed by atoms with van der Waals surface area (Å²) in [4.78, 5) is 31.1. The number of amides is 2. The second-order valence-corrected chi connectivity index (χ2v) is 12.2. The molecule has 3 heterocycles. The van der Waals surface area contributed by atoms with Crippen LogP contribution in [0.1, 0.15) is 34.8 Å². The number of benzene rings is 3. The third kappa shape index (κ3) is 5.71. The van der Waals surface area contributed by atoms with Crippen molar-refractivity contribution >= 4 is 41.0 Å². The van der Waals surface area contributed by atoms with Crippen molar-refractivity contribution in [1.82, 2.24) is 14.7 Å². The Morgan fingerprint density at radius 2 is 1.72 bits per heavy atom. The van der Waals surface area contributed by atoms with Crippen LogP contribution in [0.5, 0.6) is 11.5 Å². The van der Waals surface area contributed by atoms with Crippen molar-refractivity contribution in [2.45, 2.75) is 25.0 Å². The molecule has 0 unspecified atom stereocenters. The zero-order valence-electron chi connectivity index (χ0n) is 24.4. The molecule has 0 bridgehead atoms. The minimum absolute atomic E-state index is 0.0635. The Morgan fingerprint density at radius 1 is 1.00 bits per heavy atom. The number of aryl methyl sites for hydroxylation is 1. The molecule has 0 spiro atoms. The Morgan fingerprint density at radius 3 is 2.40 bits per heavy atom. The number of likely N-dealkylation sites (tertiary alicyclic amines) is 1. The third-order valence-electron chi connectivity index (χ3n) is 7.96. The second-order valence-electron chi connectivity index (χ2n) is 10.7. The Bertz CT molecular complexity index is 1650. The fourth-order valence-electron chi connectivity index (χ4n) is 5.70. The standard InChI is InChI=1S/C33H33ClN4O4S/c1-21-6-12-24(13-7-21)38-33-30(31(35-38)22-8-10-23(34)11-9-22)32(26-18-25(41-2)14-15-27(26)42-3)43-20-29(40)37(33)19-28(39)36-16-4-5-17-36/h6-15,18,32H,4-5,16-17,19-20H2,1-3H3/t32-/m0/s1. The summed E-state index contributed by atoms with van der Waals surface area (Å²) in [5.41, 5.74) is 5.11. The van der Waals surface area contributed by atoms with Gasteiger partial charge in [-0.3, -0.25) is 14.5 Å². The number of carbonyl (C=O) groups excluding carboxylic acids is 2. The quantitative estimate of drug-likeness (QED) is 0.242. The van der Waals surface area contributed by atoms with Crippen LogP contribution >= 0.6 is 23.4 Å². The number of halogens is 1. The molecule has 2 aliphatic rings. The highest BCUT2D eigenvalue weighted by Crippen LogP contribution is 2.51. The van der Waals surface area contributed by atoms with E-state index in [0.717, 1.165) is 40.8 Å². The number of thioether (sulfide) groups is 1. The van der Waals surface area contributed by atoms with E-state index in [1.807, 2.05) is 78.6 Å². The number of carbonyl (C=O) groups is 2. The molecular formula is C33H33ClN4O4S. The summed E-state index contributed by atoms with van der Waals surface area (Å²) < 4.78 is 13.2. The van der Waals surface area contributed by atoms with Gasteiger partial charge < -0.3 is 14.4 Å².